The van der Waals surface area contributed by atoms with Crippen molar-refractivity contribution in [3.8, 4) is 0 Å². The number of ether oxygens (including phenoxy) is 1. The van der Waals surface area contributed by atoms with E-state index in [0.29, 0.717) is 40.5 Å². The molecule has 81 heavy (non-hydrogen) atoms. The molecule has 4 aromatic rings. The largest absolute Gasteiger partial charge is 0.461 e. The molecule has 0 bridgehead atoms. The van der Waals surface area contributed by atoms with Gasteiger partial charge in [-0.15, -0.1) is 11.8 Å². The van der Waals surface area contributed by atoms with Gasteiger partial charge in [0.05, 0.1) is 23.2 Å². The van der Waals surface area contributed by atoms with Crippen LogP contribution in [0, 0.1) is 12.8 Å². The number of anilines is 4. The molecule has 0 spiro atoms. The number of nitrogens with zero attached hydrogens (tertiary/aromatic N) is 5. The number of hydrogen-bond donors (Lipinski definition) is 2. The van der Waals surface area contributed by atoms with Crippen LogP contribution in [-0.2, 0) is 29.6 Å². The Balaban J connectivity index is 0.000000271. The Morgan fingerprint density at radius 1 is 0.605 bits per heavy atom. The van der Waals surface area contributed by atoms with E-state index in [4.69, 9.17) is 4.74 Å². The number of thioether (sulfide) groups is 2. The van der Waals surface area contributed by atoms with Crippen molar-refractivity contribution < 1.29 is 31.2 Å². The van der Waals surface area contributed by atoms with Crippen LogP contribution in [0.25, 0.3) is 0 Å². The van der Waals surface area contributed by atoms with Crippen LogP contribution in [0.4, 0.5) is 23.0 Å². The molecule has 0 aliphatic carbocycles. The molecule has 2 unspecified atom stereocenters. The highest BCUT2D eigenvalue weighted by Crippen LogP contribution is 2.41. The molecule has 2 aromatic carbocycles. The van der Waals surface area contributed by atoms with Crippen molar-refractivity contribution in [1.82, 2.24) is 17.9 Å². The molecule has 0 fully saturated rings. The van der Waals surface area contributed by atoms with Gasteiger partial charge in [0.25, 0.3) is 26.0 Å². The highest BCUT2D eigenvalue weighted by Gasteiger charge is 2.37. The van der Waals surface area contributed by atoms with Crippen molar-refractivity contribution in [2.75, 3.05) is 23.0 Å². The molecule has 2 aromatic heterocycles. The fourth-order valence-corrected chi connectivity index (χ4v) is 15.8. The van der Waals surface area contributed by atoms with Crippen LogP contribution >= 0.6 is 23.5 Å². The third kappa shape index (κ3) is 20.0. The van der Waals surface area contributed by atoms with E-state index in [1.54, 1.807) is 36.0 Å². The number of esters is 1. The van der Waals surface area contributed by atoms with E-state index >= 15 is 0 Å². The molecule has 2 atom stereocenters. The lowest BCUT2D eigenvalue weighted by atomic mass is 9.95. The van der Waals surface area contributed by atoms with E-state index in [0.717, 1.165) is 71.6 Å². The molecule has 0 saturated carbocycles. The first kappa shape index (κ1) is 66.0. The molecule has 0 saturated heterocycles. The van der Waals surface area contributed by atoms with Crippen LogP contribution in [0.1, 0.15) is 261 Å². The Morgan fingerprint density at radius 3 is 1.72 bits per heavy atom. The van der Waals surface area contributed by atoms with Crippen LogP contribution in [0.3, 0.4) is 0 Å². The summed E-state index contributed by atoms with van der Waals surface area (Å²) in [6.07, 6.45) is 43.2. The molecule has 5 heterocycles. The maximum absolute atomic E-state index is 13.6. The monoisotopic (exact) mass is 1190 g/mol. The molecule has 3 aliphatic heterocycles. The molecule has 7 rings (SSSR count). The van der Waals surface area contributed by atoms with Crippen LogP contribution in [0.15, 0.2) is 68.7 Å². The molecule has 0 radical (unpaired) electrons. The lowest BCUT2D eigenvalue weighted by molar-refractivity contribution is -0.117. The van der Waals surface area contributed by atoms with E-state index in [9.17, 15) is 26.4 Å². The molecule has 450 valence electrons. The number of aromatic nitrogens is 4. The van der Waals surface area contributed by atoms with Gasteiger partial charge in [-0.05, 0) is 80.2 Å². The second-order valence-corrected chi connectivity index (χ2v) is 28.6. The number of carbonyl (C=O) groups is 2. The predicted octanol–water partition coefficient (Wildman–Crippen LogP) is 17.9. The molecule has 1 amide bonds. The number of carbonyl (C=O) groups excluding carboxylic acids is 2. The summed E-state index contributed by atoms with van der Waals surface area (Å²) in [5.41, 5.74) is 2.34. The Bertz CT molecular complexity index is 2830. The Morgan fingerprint density at radius 2 is 1.11 bits per heavy atom. The Kier molecular flexibility index (Phi) is 28.7. The zero-order chi connectivity index (χ0) is 57.9. The summed E-state index contributed by atoms with van der Waals surface area (Å²) >= 11 is 3.14. The third-order valence-corrected chi connectivity index (χ3v) is 21.5. The van der Waals surface area contributed by atoms with Gasteiger partial charge in [-0.2, -0.15) is 0 Å². The molecule has 2 N–H and O–H groups in total. The minimum Gasteiger partial charge on any atom is -0.461 e. The van der Waals surface area contributed by atoms with Gasteiger partial charge in [0.15, 0.2) is 17.3 Å². The fraction of sp³-hybridized carbons (Fsp3) is 0.667. The van der Waals surface area contributed by atoms with E-state index < -0.39 is 26.0 Å². The summed E-state index contributed by atoms with van der Waals surface area (Å²) in [5, 5.41) is 6.65. The maximum atomic E-state index is 13.6. The van der Waals surface area contributed by atoms with Crippen molar-refractivity contribution in [3.05, 3.63) is 66.0 Å². The maximum Gasteiger partial charge on any atom is 0.360 e. The summed E-state index contributed by atoms with van der Waals surface area (Å²) in [6, 6.07) is 10.7. The van der Waals surface area contributed by atoms with E-state index in [1.165, 1.54) is 189 Å². The first-order valence-electron chi connectivity index (χ1n) is 31.4. The quantitative estimate of drug-likeness (QED) is 0.0211. The number of benzene rings is 2. The van der Waals surface area contributed by atoms with E-state index in [2.05, 4.69) is 53.3 Å². The first-order valence-corrected chi connectivity index (χ1v) is 36.1. The highest BCUT2D eigenvalue weighted by atomic mass is 32.2. The van der Waals surface area contributed by atoms with Crippen LogP contribution in [0.5, 0.6) is 0 Å². The third-order valence-electron chi connectivity index (χ3n) is 15.7. The van der Waals surface area contributed by atoms with Gasteiger partial charge in [0.2, 0.25) is 0 Å². The van der Waals surface area contributed by atoms with Crippen molar-refractivity contribution in [3.63, 3.8) is 0 Å². The van der Waals surface area contributed by atoms with Gasteiger partial charge in [0.1, 0.15) is 33.2 Å². The van der Waals surface area contributed by atoms with Gasteiger partial charge in [-0.25, -0.2) is 44.5 Å². The summed E-state index contributed by atoms with van der Waals surface area (Å²) < 4.78 is 61.2. The van der Waals surface area contributed by atoms with Gasteiger partial charge in [-0.3, -0.25) is 4.79 Å². The van der Waals surface area contributed by atoms with E-state index in [-0.39, 0.29) is 32.5 Å². The smallest absolute Gasteiger partial charge is 0.360 e. The van der Waals surface area contributed by atoms with Crippen molar-refractivity contribution in [2.45, 2.75) is 266 Å². The van der Waals surface area contributed by atoms with Crippen LogP contribution < -0.4 is 10.6 Å². The molecule has 18 heteroatoms. The number of aryl methyl sites for hydroxylation is 1. The standard InChI is InChI=1S/C36H56N4O3S3.C27H41N3O4S/c1-3-5-7-9-11-13-15-17-19-21-23-31-35(41)39-36(45-31)33-34-38-30-25-24-29(27-32(30)46(42,43)40(34)28-37-33)44-26-22-20-18-16-14-12-10-8-6-4-2;1-4-6-8-10-11-13-15-22(14-12-9-7-5-2)19-34-27(31)25-26-29-23-18-21(3)16-17-24(23)35(32,33)30(26)20-28-25/h24-25,27-28,31,38H,3-23,26H2,1-2H3;16-18,20,22,29H,4-15,19H2,1-3H3. The number of amides is 1. The van der Waals surface area contributed by atoms with Gasteiger partial charge in [-0.1, -0.05) is 232 Å². The summed E-state index contributed by atoms with van der Waals surface area (Å²) in [4.78, 5) is 39.9. The lowest BCUT2D eigenvalue weighted by Crippen LogP contribution is -2.22. The second kappa shape index (κ2) is 35.2. The van der Waals surface area contributed by atoms with Crippen molar-refractivity contribution >= 4 is 83.5 Å². The van der Waals surface area contributed by atoms with Crippen LogP contribution in [-0.4, -0.2) is 69.3 Å². The highest BCUT2D eigenvalue weighted by molar-refractivity contribution is 8.16. The molecular weight excluding hydrogens is 1100 g/mol. The van der Waals surface area contributed by atoms with Gasteiger partial charge < -0.3 is 15.4 Å². The normalized spacial score (nSPS) is 15.8. The number of unbranched alkanes of at least 4 members (excludes halogenated alkanes) is 26. The number of rotatable bonds is 39. The number of imidazole rings is 2. The lowest BCUT2D eigenvalue weighted by Gasteiger charge is -2.21. The minimum atomic E-state index is -3.82. The second-order valence-electron chi connectivity index (χ2n) is 22.6. The average molecular weight is 1190 g/mol. The van der Waals surface area contributed by atoms with Crippen molar-refractivity contribution in [1.29, 1.82) is 0 Å². The minimum absolute atomic E-state index is 0.00466. The zero-order valence-electron chi connectivity index (χ0n) is 49.7. The predicted molar refractivity (Wildman–Crippen MR) is 336 cm³/mol. The number of hydrogen-bond acceptors (Lipinski definition) is 13. The summed E-state index contributed by atoms with van der Waals surface area (Å²) in [6.45, 7) is 11.2. The van der Waals surface area contributed by atoms with E-state index in [1.807, 2.05) is 19.1 Å². The van der Waals surface area contributed by atoms with Crippen molar-refractivity contribution in [2.24, 2.45) is 10.9 Å². The average Bonchev–Trinajstić information content (AvgIpc) is 4.38. The zero-order valence-corrected chi connectivity index (χ0v) is 53.0. The molecular formula is C63H97N7O7S4. The molecule has 3 aliphatic rings. The van der Waals surface area contributed by atoms with Gasteiger partial charge >= 0.3 is 5.97 Å². The Hall–Kier alpha value is -4.13. The summed E-state index contributed by atoms with van der Waals surface area (Å²) in [7, 11) is -7.63. The fourth-order valence-electron chi connectivity index (χ4n) is 10.8. The molecule has 14 nitrogen and oxygen atoms in total. The number of aliphatic imine (C=N–C) groups is 1. The number of nitrogens with one attached hydrogen (secondary N) is 2. The topological polar surface area (TPSA) is 184 Å². The number of fused-ring (bicyclic) bond motifs is 4. The first-order chi connectivity index (χ1) is 39.3. The van der Waals surface area contributed by atoms with Crippen LogP contribution in [0.2, 0.25) is 0 Å². The SMILES string of the molecule is CCCCCCCCC(CCCCCC)COC(=O)c1ncn2c1Nc1cc(C)ccc1S2(=O)=O.CCCCCCCCCCCCSc1ccc2c(c1)S(=O)(=O)n1cnc(C3=NC(=O)C(CCCCCCCCCCCC)S3)c1N2. The Labute approximate surface area is 495 Å². The summed E-state index contributed by atoms with van der Waals surface area (Å²) in [5.74, 6) is 1.08. The van der Waals surface area contributed by atoms with Gasteiger partial charge in [0, 0.05) is 4.90 Å².